The van der Waals surface area contributed by atoms with Crippen LogP contribution in [0, 0.1) is 0 Å². The summed E-state index contributed by atoms with van der Waals surface area (Å²) in [5, 5.41) is 10.3. The van der Waals surface area contributed by atoms with Gasteiger partial charge in [0.2, 0.25) is 0 Å². The number of nitrogens with zero attached hydrogens (tertiary/aromatic N) is 1. The van der Waals surface area contributed by atoms with Crippen LogP contribution in [0.2, 0.25) is 0 Å². The van der Waals surface area contributed by atoms with Crippen molar-refractivity contribution in [3.05, 3.63) is 35.9 Å². The Morgan fingerprint density at radius 2 is 2.00 bits per heavy atom. The van der Waals surface area contributed by atoms with Crippen molar-refractivity contribution in [3.63, 3.8) is 0 Å². The molecular formula is C16H22N2O3. The van der Waals surface area contributed by atoms with Crippen LogP contribution >= 0.6 is 0 Å². The van der Waals surface area contributed by atoms with Crippen LogP contribution in [0.3, 0.4) is 0 Å². The van der Waals surface area contributed by atoms with Crippen molar-refractivity contribution in [3.8, 4) is 5.75 Å². The van der Waals surface area contributed by atoms with Crippen LogP contribution in [-0.4, -0.2) is 57.2 Å². The molecule has 2 rings (SSSR count). The van der Waals surface area contributed by atoms with E-state index in [0.29, 0.717) is 6.61 Å². The van der Waals surface area contributed by atoms with Gasteiger partial charge >= 0.3 is 0 Å². The highest BCUT2D eigenvalue weighted by molar-refractivity contribution is 5.83. The molecular weight excluding hydrogens is 268 g/mol. The van der Waals surface area contributed by atoms with Gasteiger partial charge < -0.3 is 19.5 Å². The third kappa shape index (κ3) is 5.57. The predicted molar refractivity (Wildman–Crippen MR) is 79.0 cm³/mol. The minimum atomic E-state index is -1.19. The summed E-state index contributed by atoms with van der Waals surface area (Å²) in [5.74, 6) is -0.385. The first kappa shape index (κ1) is 15.5. The SMILES string of the molecule is C[NH+]1CCN(CCOc2ccc(/C=C/C(=O)[O-])cc2)CC1. The first-order chi connectivity index (χ1) is 10.1. The van der Waals surface area contributed by atoms with E-state index in [2.05, 4.69) is 11.9 Å². The molecule has 114 valence electrons. The largest absolute Gasteiger partial charge is 0.545 e. The van der Waals surface area contributed by atoms with E-state index in [1.165, 1.54) is 19.2 Å². The molecule has 1 aliphatic rings. The Bertz CT molecular complexity index is 477. The fourth-order valence-electron chi connectivity index (χ4n) is 2.29. The Labute approximate surface area is 125 Å². The van der Waals surface area contributed by atoms with Crippen molar-refractivity contribution in [1.29, 1.82) is 0 Å². The smallest absolute Gasteiger partial charge is 0.119 e. The van der Waals surface area contributed by atoms with E-state index in [-0.39, 0.29) is 0 Å². The van der Waals surface area contributed by atoms with Crippen molar-refractivity contribution in [2.24, 2.45) is 0 Å². The van der Waals surface area contributed by atoms with Crippen LogP contribution in [0.25, 0.3) is 6.08 Å². The summed E-state index contributed by atoms with van der Waals surface area (Å²) in [6.45, 7) is 6.26. The fourth-order valence-corrected chi connectivity index (χ4v) is 2.29. The molecule has 1 aromatic rings. The molecule has 1 saturated heterocycles. The van der Waals surface area contributed by atoms with Gasteiger partial charge in [0.05, 0.1) is 26.1 Å². The van der Waals surface area contributed by atoms with E-state index in [9.17, 15) is 9.90 Å². The maximum absolute atomic E-state index is 10.3. The second kappa shape index (κ2) is 7.81. The summed E-state index contributed by atoms with van der Waals surface area (Å²) in [6.07, 6.45) is 2.52. The van der Waals surface area contributed by atoms with Crippen molar-refractivity contribution >= 4 is 12.0 Å². The van der Waals surface area contributed by atoms with Crippen molar-refractivity contribution < 1.29 is 19.5 Å². The average Bonchev–Trinajstić information content (AvgIpc) is 2.48. The molecule has 0 atom stereocenters. The Kier molecular flexibility index (Phi) is 5.78. The molecule has 1 fully saturated rings. The summed E-state index contributed by atoms with van der Waals surface area (Å²) in [4.78, 5) is 14.3. The molecule has 0 radical (unpaired) electrons. The van der Waals surface area contributed by atoms with Crippen LogP contribution in [0.4, 0.5) is 0 Å². The third-order valence-electron chi connectivity index (χ3n) is 3.68. The monoisotopic (exact) mass is 290 g/mol. The lowest BCUT2D eigenvalue weighted by atomic mass is 10.2. The lowest BCUT2D eigenvalue weighted by molar-refractivity contribution is -0.884. The number of piperazine rings is 1. The zero-order valence-electron chi connectivity index (χ0n) is 12.4. The van der Waals surface area contributed by atoms with Gasteiger partial charge in [-0.2, -0.15) is 0 Å². The summed E-state index contributed by atoms with van der Waals surface area (Å²) in [6, 6.07) is 7.36. The molecule has 1 aliphatic heterocycles. The number of aliphatic carboxylic acids is 1. The van der Waals surface area contributed by atoms with Crippen LogP contribution in [-0.2, 0) is 4.79 Å². The molecule has 1 N–H and O–H groups in total. The minimum absolute atomic E-state index is 0.674. The number of hydrogen-bond donors (Lipinski definition) is 1. The average molecular weight is 290 g/mol. The number of carboxylic acids is 1. The number of hydrogen-bond acceptors (Lipinski definition) is 4. The summed E-state index contributed by atoms with van der Waals surface area (Å²) in [7, 11) is 2.23. The Hall–Kier alpha value is -1.85. The van der Waals surface area contributed by atoms with Crippen molar-refractivity contribution in [2.75, 3.05) is 46.4 Å². The van der Waals surface area contributed by atoms with Crippen LogP contribution in [0.1, 0.15) is 5.56 Å². The van der Waals surface area contributed by atoms with E-state index in [1.807, 2.05) is 24.3 Å². The van der Waals surface area contributed by atoms with Crippen LogP contribution in [0.5, 0.6) is 5.75 Å². The van der Waals surface area contributed by atoms with Crippen LogP contribution < -0.4 is 14.7 Å². The van der Waals surface area contributed by atoms with E-state index in [1.54, 1.807) is 4.90 Å². The van der Waals surface area contributed by atoms with Crippen molar-refractivity contribution in [1.82, 2.24) is 4.90 Å². The molecule has 0 unspecified atom stereocenters. The second-order valence-corrected chi connectivity index (χ2v) is 5.37. The Morgan fingerprint density at radius 3 is 2.62 bits per heavy atom. The first-order valence-electron chi connectivity index (χ1n) is 7.29. The maximum atomic E-state index is 10.3. The topological polar surface area (TPSA) is 57.0 Å². The second-order valence-electron chi connectivity index (χ2n) is 5.37. The summed E-state index contributed by atoms with van der Waals surface area (Å²) >= 11 is 0. The molecule has 5 nitrogen and oxygen atoms in total. The van der Waals surface area contributed by atoms with Crippen LogP contribution in [0.15, 0.2) is 30.3 Å². The van der Waals surface area contributed by atoms with Gasteiger partial charge in [-0.25, -0.2) is 0 Å². The van der Waals surface area contributed by atoms with Gasteiger partial charge in [-0.15, -0.1) is 0 Å². The number of ether oxygens (including phenoxy) is 1. The van der Waals surface area contributed by atoms with E-state index in [4.69, 9.17) is 4.74 Å². The molecule has 0 saturated carbocycles. The molecule has 0 amide bonds. The van der Waals surface area contributed by atoms with Gasteiger partial charge in [0.15, 0.2) is 0 Å². The highest BCUT2D eigenvalue weighted by atomic mass is 16.5. The molecule has 5 heteroatoms. The first-order valence-corrected chi connectivity index (χ1v) is 7.29. The molecule has 1 aromatic carbocycles. The molecule has 21 heavy (non-hydrogen) atoms. The third-order valence-corrected chi connectivity index (χ3v) is 3.68. The Balaban J connectivity index is 1.72. The highest BCUT2D eigenvalue weighted by Gasteiger charge is 2.15. The lowest BCUT2D eigenvalue weighted by Crippen LogP contribution is -3.12. The number of benzene rings is 1. The van der Waals surface area contributed by atoms with Gasteiger partial charge in [-0.05, 0) is 23.8 Å². The molecule has 1 heterocycles. The summed E-state index contributed by atoms with van der Waals surface area (Å²) in [5.41, 5.74) is 0.814. The van der Waals surface area contributed by atoms with E-state index >= 15 is 0 Å². The molecule has 0 aliphatic carbocycles. The quantitative estimate of drug-likeness (QED) is 0.659. The number of nitrogens with one attached hydrogen (secondary N) is 1. The van der Waals surface area contributed by atoms with Gasteiger partial charge in [0.25, 0.3) is 0 Å². The number of rotatable bonds is 6. The lowest BCUT2D eigenvalue weighted by Gasteiger charge is -2.29. The fraction of sp³-hybridized carbons (Fsp3) is 0.438. The molecule has 0 aromatic heterocycles. The van der Waals surface area contributed by atoms with E-state index in [0.717, 1.165) is 37.0 Å². The van der Waals surface area contributed by atoms with Gasteiger partial charge in [0.1, 0.15) is 12.4 Å². The predicted octanol–water partition coefficient (Wildman–Crippen LogP) is -1.34. The zero-order valence-corrected chi connectivity index (χ0v) is 12.4. The maximum Gasteiger partial charge on any atom is 0.119 e. The van der Waals surface area contributed by atoms with E-state index < -0.39 is 5.97 Å². The highest BCUT2D eigenvalue weighted by Crippen LogP contribution is 2.13. The zero-order chi connectivity index (χ0) is 15.1. The van der Waals surface area contributed by atoms with Gasteiger partial charge in [-0.1, -0.05) is 18.2 Å². The van der Waals surface area contributed by atoms with Gasteiger partial charge in [-0.3, -0.25) is 4.90 Å². The van der Waals surface area contributed by atoms with Crippen molar-refractivity contribution in [2.45, 2.75) is 0 Å². The number of quaternary nitrogens is 1. The minimum Gasteiger partial charge on any atom is -0.545 e. The number of carbonyl (C=O) groups excluding carboxylic acids is 1. The summed E-state index contributed by atoms with van der Waals surface area (Å²) < 4.78 is 5.71. The number of carbonyl (C=O) groups is 1. The standard InChI is InChI=1S/C16H22N2O3/c1-17-8-10-18(11-9-17)12-13-21-15-5-2-14(3-6-15)4-7-16(19)20/h2-7H,8-13H2,1H3,(H,19,20)/b7-4+. The van der Waals surface area contributed by atoms with Gasteiger partial charge in [0, 0.05) is 19.6 Å². The Morgan fingerprint density at radius 1 is 1.33 bits per heavy atom. The molecule has 0 spiro atoms. The number of likely N-dealkylation sites (N-methyl/N-ethyl adjacent to an activating group) is 1. The number of carboxylic acid groups (broad SMARTS) is 1. The normalized spacial score (nSPS) is 17.2. The molecule has 0 bridgehead atoms.